The van der Waals surface area contributed by atoms with Crippen molar-refractivity contribution in [3.63, 3.8) is 0 Å². The van der Waals surface area contributed by atoms with E-state index in [4.69, 9.17) is 17.3 Å². The molecule has 0 aromatic heterocycles. The van der Waals surface area contributed by atoms with E-state index in [1.807, 2.05) is 0 Å². The van der Waals surface area contributed by atoms with Crippen LogP contribution in [0.15, 0.2) is 17.0 Å². The summed E-state index contributed by atoms with van der Waals surface area (Å²) in [5.41, 5.74) is 6.43. The van der Waals surface area contributed by atoms with Crippen molar-refractivity contribution in [1.29, 1.82) is 0 Å². The standard InChI is InChI=1S/C12H18ClN3O3S/c1-3-15-11(17)4-5-16-20(18,19)9-6-8(2)12(13)10(14)7-9/h6-7,16H,3-5,14H2,1-2H3,(H,15,17). The molecule has 20 heavy (non-hydrogen) atoms. The first-order valence-corrected chi connectivity index (χ1v) is 7.96. The van der Waals surface area contributed by atoms with E-state index in [0.717, 1.165) is 0 Å². The van der Waals surface area contributed by atoms with Gasteiger partial charge in [0.15, 0.2) is 0 Å². The van der Waals surface area contributed by atoms with Crippen molar-refractivity contribution in [1.82, 2.24) is 10.0 Å². The fraction of sp³-hybridized carbons (Fsp3) is 0.417. The number of nitrogens with one attached hydrogen (secondary N) is 2. The maximum atomic E-state index is 12.0. The molecule has 4 N–H and O–H groups in total. The van der Waals surface area contributed by atoms with E-state index in [1.165, 1.54) is 12.1 Å². The third-order valence-electron chi connectivity index (χ3n) is 2.58. The number of nitrogens with two attached hydrogens (primary N) is 1. The normalized spacial score (nSPS) is 11.3. The molecule has 0 spiro atoms. The van der Waals surface area contributed by atoms with Gasteiger partial charge in [-0.3, -0.25) is 4.79 Å². The van der Waals surface area contributed by atoms with Gasteiger partial charge < -0.3 is 11.1 Å². The molecule has 0 aliphatic carbocycles. The molecule has 0 unspecified atom stereocenters. The lowest BCUT2D eigenvalue weighted by atomic mass is 10.2. The van der Waals surface area contributed by atoms with Crippen LogP contribution in [0, 0.1) is 6.92 Å². The Morgan fingerprint density at radius 1 is 1.40 bits per heavy atom. The number of nitrogen functional groups attached to an aromatic ring is 1. The molecule has 0 aliphatic heterocycles. The first-order valence-electron chi connectivity index (χ1n) is 6.10. The molecular weight excluding hydrogens is 302 g/mol. The molecule has 8 heteroatoms. The van der Waals surface area contributed by atoms with Crippen LogP contribution in [0.25, 0.3) is 0 Å². The predicted octanol–water partition coefficient (Wildman–Crippen LogP) is 1.04. The predicted molar refractivity (Wildman–Crippen MR) is 79.1 cm³/mol. The number of anilines is 1. The van der Waals surface area contributed by atoms with Crippen molar-refractivity contribution in [2.24, 2.45) is 0 Å². The highest BCUT2D eigenvalue weighted by molar-refractivity contribution is 7.89. The van der Waals surface area contributed by atoms with Crippen LogP contribution in [0.1, 0.15) is 18.9 Å². The molecule has 0 fully saturated rings. The number of benzene rings is 1. The van der Waals surface area contributed by atoms with E-state index in [-0.39, 0.29) is 29.5 Å². The number of carbonyl (C=O) groups excluding carboxylic acids is 1. The molecule has 0 heterocycles. The van der Waals surface area contributed by atoms with Gasteiger partial charge in [-0.1, -0.05) is 11.6 Å². The van der Waals surface area contributed by atoms with Crippen LogP contribution >= 0.6 is 11.6 Å². The first kappa shape index (κ1) is 16.7. The molecule has 0 radical (unpaired) electrons. The molecule has 6 nitrogen and oxygen atoms in total. The van der Waals surface area contributed by atoms with E-state index in [9.17, 15) is 13.2 Å². The number of hydrogen-bond donors (Lipinski definition) is 3. The Balaban J connectivity index is 2.77. The minimum atomic E-state index is -3.70. The quantitative estimate of drug-likeness (QED) is 0.682. The fourth-order valence-electron chi connectivity index (χ4n) is 1.59. The summed E-state index contributed by atoms with van der Waals surface area (Å²) >= 11 is 5.89. The fourth-order valence-corrected chi connectivity index (χ4v) is 2.85. The smallest absolute Gasteiger partial charge is 0.240 e. The Labute approximate surface area is 123 Å². The van der Waals surface area contributed by atoms with Gasteiger partial charge in [0.05, 0.1) is 15.6 Å². The Morgan fingerprint density at radius 2 is 2.05 bits per heavy atom. The van der Waals surface area contributed by atoms with Crippen molar-refractivity contribution >= 4 is 33.2 Å². The van der Waals surface area contributed by atoms with Crippen LogP contribution < -0.4 is 15.8 Å². The van der Waals surface area contributed by atoms with Crippen LogP contribution in [0.4, 0.5) is 5.69 Å². The van der Waals surface area contributed by atoms with Gasteiger partial charge >= 0.3 is 0 Å². The van der Waals surface area contributed by atoms with Crippen molar-refractivity contribution < 1.29 is 13.2 Å². The zero-order valence-corrected chi connectivity index (χ0v) is 12.9. The zero-order chi connectivity index (χ0) is 15.3. The van der Waals surface area contributed by atoms with Gasteiger partial charge in [-0.05, 0) is 31.5 Å². The van der Waals surface area contributed by atoms with E-state index in [2.05, 4.69) is 10.0 Å². The Bertz CT molecular complexity index is 579. The summed E-state index contributed by atoms with van der Waals surface area (Å²) in [5.74, 6) is -0.206. The van der Waals surface area contributed by atoms with Crippen LogP contribution in [-0.2, 0) is 14.8 Å². The minimum Gasteiger partial charge on any atom is -0.397 e. The highest BCUT2D eigenvalue weighted by Crippen LogP contribution is 2.26. The zero-order valence-electron chi connectivity index (χ0n) is 11.4. The first-order chi connectivity index (χ1) is 9.27. The number of aryl methyl sites for hydroxylation is 1. The van der Waals surface area contributed by atoms with Gasteiger partial charge in [0, 0.05) is 19.5 Å². The molecule has 0 saturated carbocycles. The number of rotatable bonds is 6. The van der Waals surface area contributed by atoms with Crippen molar-refractivity contribution in [2.75, 3.05) is 18.8 Å². The maximum absolute atomic E-state index is 12.0. The van der Waals surface area contributed by atoms with Crippen molar-refractivity contribution in [3.05, 3.63) is 22.7 Å². The largest absolute Gasteiger partial charge is 0.397 e. The third kappa shape index (κ3) is 4.36. The molecule has 0 bridgehead atoms. The van der Waals surface area contributed by atoms with Crippen molar-refractivity contribution in [3.8, 4) is 0 Å². The van der Waals surface area contributed by atoms with Gasteiger partial charge in [0.25, 0.3) is 0 Å². The van der Waals surface area contributed by atoms with E-state index in [0.29, 0.717) is 17.1 Å². The molecule has 1 aromatic rings. The Kier molecular flexibility index (Phi) is 5.79. The van der Waals surface area contributed by atoms with E-state index >= 15 is 0 Å². The second-order valence-corrected chi connectivity index (χ2v) is 6.39. The van der Waals surface area contributed by atoms with Crippen molar-refractivity contribution in [2.45, 2.75) is 25.2 Å². The number of halogens is 1. The molecule has 0 aliphatic rings. The average molecular weight is 320 g/mol. The summed E-state index contributed by atoms with van der Waals surface area (Å²) in [4.78, 5) is 11.3. The minimum absolute atomic E-state index is 0.0236. The average Bonchev–Trinajstić information content (AvgIpc) is 2.35. The van der Waals surface area contributed by atoms with Gasteiger partial charge in [0.2, 0.25) is 15.9 Å². The molecule has 1 amide bonds. The number of sulfonamides is 1. The summed E-state index contributed by atoms with van der Waals surface area (Å²) < 4.78 is 26.4. The molecule has 112 valence electrons. The maximum Gasteiger partial charge on any atom is 0.240 e. The lowest BCUT2D eigenvalue weighted by Gasteiger charge is -2.10. The molecular formula is C12H18ClN3O3S. The highest BCUT2D eigenvalue weighted by atomic mass is 35.5. The Morgan fingerprint density at radius 3 is 2.60 bits per heavy atom. The summed E-state index contributed by atoms with van der Waals surface area (Å²) in [6.45, 7) is 4.00. The number of hydrogen-bond acceptors (Lipinski definition) is 4. The van der Waals surface area contributed by atoms with Crippen LogP contribution in [0.3, 0.4) is 0 Å². The van der Waals surface area contributed by atoms with Crippen LogP contribution in [0.5, 0.6) is 0 Å². The van der Waals surface area contributed by atoms with Gasteiger partial charge in [-0.25, -0.2) is 13.1 Å². The SMILES string of the molecule is CCNC(=O)CCNS(=O)(=O)c1cc(C)c(Cl)c(N)c1. The van der Waals surface area contributed by atoms with Gasteiger partial charge in [0.1, 0.15) is 0 Å². The van der Waals surface area contributed by atoms with E-state index < -0.39 is 10.0 Å². The Hall–Kier alpha value is -1.31. The van der Waals surface area contributed by atoms with Gasteiger partial charge in [-0.2, -0.15) is 0 Å². The molecule has 1 rings (SSSR count). The number of carbonyl (C=O) groups is 1. The van der Waals surface area contributed by atoms with Gasteiger partial charge in [-0.15, -0.1) is 0 Å². The summed E-state index contributed by atoms with van der Waals surface area (Å²) in [6.07, 6.45) is 0.0785. The molecule has 0 atom stereocenters. The van der Waals surface area contributed by atoms with Crippen LogP contribution in [0.2, 0.25) is 5.02 Å². The lowest BCUT2D eigenvalue weighted by Crippen LogP contribution is -2.30. The highest BCUT2D eigenvalue weighted by Gasteiger charge is 2.16. The number of amides is 1. The second kappa shape index (κ2) is 6.92. The summed E-state index contributed by atoms with van der Waals surface area (Å²) in [6, 6.07) is 2.73. The summed E-state index contributed by atoms with van der Waals surface area (Å²) in [7, 11) is -3.70. The third-order valence-corrected chi connectivity index (χ3v) is 4.54. The topological polar surface area (TPSA) is 101 Å². The lowest BCUT2D eigenvalue weighted by molar-refractivity contribution is -0.120. The molecule has 0 saturated heterocycles. The molecule has 1 aromatic carbocycles. The van der Waals surface area contributed by atoms with E-state index in [1.54, 1.807) is 13.8 Å². The second-order valence-electron chi connectivity index (χ2n) is 4.24. The summed E-state index contributed by atoms with van der Waals surface area (Å²) in [5, 5.41) is 2.93. The van der Waals surface area contributed by atoms with Crippen LogP contribution in [-0.4, -0.2) is 27.4 Å². The monoisotopic (exact) mass is 319 g/mol.